The third kappa shape index (κ3) is 9.04. The van der Waals surface area contributed by atoms with Gasteiger partial charge >= 0.3 is 0 Å². The largest absolute Gasteiger partial charge is 0.493 e. The molecule has 1 atom stereocenters. The molecular formula is C39H34ClN3O6S. The van der Waals surface area contributed by atoms with Gasteiger partial charge in [0.1, 0.15) is 10.9 Å². The maximum atomic E-state index is 13.8. The molecule has 0 aliphatic rings. The summed E-state index contributed by atoms with van der Waals surface area (Å²) in [7, 11) is 4.47. The number of amides is 3. The van der Waals surface area contributed by atoms with Gasteiger partial charge in [0.15, 0.2) is 11.5 Å². The van der Waals surface area contributed by atoms with Gasteiger partial charge in [-0.25, -0.2) is 0 Å². The van der Waals surface area contributed by atoms with Gasteiger partial charge in [0.25, 0.3) is 11.8 Å². The fourth-order valence-corrected chi connectivity index (χ4v) is 6.20. The fourth-order valence-electron chi connectivity index (χ4n) is 4.94. The summed E-state index contributed by atoms with van der Waals surface area (Å²) in [6.45, 7) is 0. The Labute approximate surface area is 299 Å². The van der Waals surface area contributed by atoms with Crippen LogP contribution in [0.15, 0.2) is 132 Å². The van der Waals surface area contributed by atoms with E-state index in [4.69, 9.17) is 25.8 Å². The normalized spacial score (nSPS) is 11.6. The summed E-state index contributed by atoms with van der Waals surface area (Å²) < 4.78 is 16.4. The van der Waals surface area contributed by atoms with Crippen LogP contribution in [-0.2, 0) is 9.59 Å². The number of carbonyl (C=O) groups excluding carboxylic acids is 3. The summed E-state index contributed by atoms with van der Waals surface area (Å²) in [5.74, 6) is -0.176. The van der Waals surface area contributed by atoms with Crippen molar-refractivity contribution in [3.05, 3.63) is 149 Å². The molecule has 9 nitrogen and oxygen atoms in total. The first-order valence-electron chi connectivity index (χ1n) is 15.4. The van der Waals surface area contributed by atoms with Gasteiger partial charge < -0.3 is 30.2 Å². The van der Waals surface area contributed by atoms with E-state index >= 15 is 0 Å². The second kappa shape index (κ2) is 17.1. The van der Waals surface area contributed by atoms with Crippen LogP contribution in [0.2, 0.25) is 5.02 Å². The Hall–Kier alpha value is -5.71. The van der Waals surface area contributed by atoms with Crippen LogP contribution in [0.4, 0.5) is 11.4 Å². The number of hydrogen-bond acceptors (Lipinski definition) is 7. The van der Waals surface area contributed by atoms with Gasteiger partial charge in [-0.15, -0.1) is 11.8 Å². The van der Waals surface area contributed by atoms with Crippen molar-refractivity contribution in [2.45, 2.75) is 10.1 Å². The van der Waals surface area contributed by atoms with Crippen LogP contribution >= 0.6 is 23.4 Å². The summed E-state index contributed by atoms with van der Waals surface area (Å²) in [5.41, 5.74) is 2.59. The molecule has 3 amide bonds. The topological polar surface area (TPSA) is 115 Å². The highest BCUT2D eigenvalue weighted by atomic mass is 35.5. The number of methoxy groups -OCH3 is 3. The summed E-state index contributed by atoms with van der Waals surface area (Å²) in [6.07, 6.45) is 1.52. The second-order valence-electron chi connectivity index (χ2n) is 10.7. The van der Waals surface area contributed by atoms with Crippen LogP contribution in [0.5, 0.6) is 17.2 Å². The van der Waals surface area contributed by atoms with Gasteiger partial charge in [0.2, 0.25) is 11.7 Å². The van der Waals surface area contributed by atoms with Gasteiger partial charge in [-0.3, -0.25) is 14.4 Å². The molecule has 1 unspecified atom stereocenters. The first kappa shape index (κ1) is 35.6. The van der Waals surface area contributed by atoms with Gasteiger partial charge in [-0.1, -0.05) is 78.3 Å². The van der Waals surface area contributed by atoms with Crippen molar-refractivity contribution in [3.63, 3.8) is 0 Å². The van der Waals surface area contributed by atoms with Crippen LogP contribution in [0, 0.1) is 0 Å². The Morgan fingerprint density at radius 2 is 1.36 bits per heavy atom. The molecule has 0 bridgehead atoms. The molecule has 5 aromatic rings. The van der Waals surface area contributed by atoms with E-state index in [-0.39, 0.29) is 11.6 Å². The van der Waals surface area contributed by atoms with Crippen LogP contribution in [0.1, 0.15) is 26.7 Å². The van der Waals surface area contributed by atoms with Crippen molar-refractivity contribution >= 4 is 58.5 Å². The maximum absolute atomic E-state index is 13.8. The van der Waals surface area contributed by atoms with Gasteiger partial charge in [0.05, 0.1) is 32.0 Å². The van der Waals surface area contributed by atoms with Crippen LogP contribution in [0.25, 0.3) is 6.08 Å². The Morgan fingerprint density at radius 1 is 0.720 bits per heavy atom. The van der Waals surface area contributed by atoms with Crippen molar-refractivity contribution < 1.29 is 28.6 Å². The van der Waals surface area contributed by atoms with E-state index in [0.29, 0.717) is 44.8 Å². The molecule has 0 aliphatic carbocycles. The summed E-state index contributed by atoms with van der Waals surface area (Å²) in [6, 6.07) is 35.4. The summed E-state index contributed by atoms with van der Waals surface area (Å²) >= 11 is 7.64. The molecule has 0 aromatic heterocycles. The molecular weight excluding hydrogens is 674 g/mol. The third-order valence-corrected chi connectivity index (χ3v) is 8.92. The van der Waals surface area contributed by atoms with Crippen molar-refractivity contribution in [1.82, 2.24) is 5.32 Å². The number of hydrogen-bond donors (Lipinski definition) is 3. The van der Waals surface area contributed by atoms with E-state index in [0.717, 1.165) is 10.5 Å². The zero-order valence-electron chi connectivity index (χ0n) is 27.4. The lowest BCUT2D eigenvalue weighted by Crippen LogP contribution is -2.30. The number of rotatable bonds is 13. The van der Waals surface area contributed by atoms with E-state index in [1.807, 2.05) is 36.4 Å². The highest BCUT2D eigenvalue weighted by Gasteiger charge is 2.24. The second-order valence-corrected chi connectivity index (χ2v) is 12.3. The van der Waals surface area contributed by atoms with Crippen LogP contribution < -0.4 is 30.2 Å². The van der Waals surface area contributed by atoms with Gasteiger partial charge in [0, 0.05) is 16.1 Å². The number of nitrogens with one attached hydrogen (secondary N) is 3. The molecule has 0 radical (unpaired) electrons. The number of carbonyl (C=O) groups is 3. The highest BCUT2D eigenvalue weighted by molar-refractivity contribution is 8.00. The number of para-hydroxylation sites is 1. The molecule has 0 saturated heterocycles. The van der Waals surface area contributed by atoms with E-state index in [2.05, 4.69) is 16.0 Å². The molecule has 5 rings (SSSR count). The standard InChI is InChI=1S/C39H34ClN3O6S/c1-47-33-22-25(23-34(48-2)35(33)49-3)21-32(43-37(44)27-15-8-5-9-16-27)38(45)41-28-17-12-18-29(24-28)50-36(26-13-6-4-7-14-26)39(46)42-31-20-11-10-19-30(31)40/h4-24,36H,1-3H3,(H,41,45)(H,42,46)(H,43,44)/b32-21+. The van der Waals surface area contributed by atoms with Gasteiger partial charge in [-0.05, 0) is 71.8 Å². The Morgan fingerprint density at radius 3 is 2.00 bits per heavy atom. The Kier molecular flexibility index (Phi) is 12.2. The molecule has 0 heterocycles. The lowest BCUT2D eigenvalue weighted by molar-refractivity contribution is -0.116. The van der Waals surface area contributed by atoms with Crippen molar-refractivity contribution in [2.24, 2.45) is 0 Å². The van der Waals surface area contributed by atoms with E-state index in [1.165, 1.54) is 39.2 Å². The molecule has 0 saturated carbocycles. The first-order chi connectivity index (χ1) is 24.3. The van der Waals surface area contributed by atoms with Crippen molar-refractivity contribution in [3.8, 4) is 17.2 Å². The minimum absolute atomic E-state index is 0.0348. The molecule has 50 heavy (non-hydrogen) atoms. The molecule has 0 aliphatic heterocycles. The van der Waals surface area contributed by atoms with Crippen molar-refractivity contribution in [1.29, 1.82) is 0 Å². The molecule has 11 heteroatoms. The third-order valence-electron chi connectivity index (χ3n) is 7.34. The number of benzene rings is 5. The zero-order valence-corrected chi connectivity index (χ0v) is 29.0. The van der Waals surface area contributed by atoms with Crippen LogP contribution in [-0.4, -0.2) is 39.1 Å². The van der Waals surface area contributed by atoms with Gasteiger partial charge in [-0.2, -0.15) is 0 Å². The molecule has 0 spiro atoms. The van der Waals surface area contributed by atoms with Crippen molar-refractivity contribution in [2.75, 3.05) is 32.0 Å². The SMILES string of the molecule is COc1cc(/C=C(/NC(=O)c2ccccc2)C(=O)Nc2cccc(SC(C(=O)Nc3ccccc3Cl)c3ccccc3)c2)cc(OC)c1OC. The number of thioether (sulfide) groups is 1. The summed E-state index contributed by atoms with van der Waals surface area (Å²) in [4.78, 5) is 41.4. The minimum atomic E-state index is -0.640. The predicted octanol–water partition coefficient (Wildman–Crippen LogP) is 8.25. The molecule has 0 fully saturated rings. The quantitative estimate of drug-likeness (QED) is 0.0834. The highest BCUT2D eigenvalue weighted by Crippen LogP contribution is 2.39. The molecule has 3 N–H and O–H groups in total. The Balaban J connectivity index is 1.43. The first-order valence-corrected chi connectivity index (χ1v) is 16.6. The van der Waals surface area contributed by atoms with E-state index in [9.17, 15) is 14.4 Å². The number of ether oxygens (including phenoxy) is 3. The Bertz CT molecular complexity index is 1980. The predicted molar refractivity (Wildman–Crippen MR) is 198 cm³/mol. The molecule has 5 aromatic carbocycles. The van der Waals surface area contributed by atoms with Crippen LogP contribution in [0.3, 0.4) is 0 Å². The smallest absolute Gasteiger partial charge is 0.272 e. The minimum Gasteiger partial charge on any atom is -0.493 e. The summed E-state index contributed by atoms with van der Waals surface area (Å²) in [5, 5.41) is 8.36. The maximum Gasteiger partial charge on any atom is 0.272 e. The lowest BCUT2D eigenvalue weighted by atomic mass is 10.1. The average Bonchev–Trinajstić information content (AvgIpc) is 3.14. The monoisotopic (exact) mass is 707 g/mol. The lowest BCUT2D eigenvalue weighted by Gasteiger charge is -2.18. The average molecular weight is 708 g/mol. The number of anilines is 2. The van der Waals surface area contributed by atoms with E-state index < -0.39 is 17.1 Å². The van der Waals surface area contributed by atoms with E-state index in [1.54, 1.807) is 84.9 Å². The number of halogens is 1. The molecule has 254 valence electrons. The fraction of sp³-hybridized carbons (Fsp3) is 0.103. The zero-order chi connectivity index (χ0) is 35.5.